The monoisotopic (exact) mass is 307 g/mol. The molecule has 118 valence electrons. The van der Waals surface area contributed by atoms with Crippen LogP contribution in [0.4, 0.5) is 0 Å². The Morgan fingerprint density at radius 1 is 1.38 bits per heavy atom. The molecule has 2 nitrogen and oxygen atoms in total. The predicted octanol–water partition coefficient (Wildman–Crippen LogP) is 4.14. The Kier molecular flexibility index (Phi) is 6.59. The third-order valence-corrected chi connectivity index (χ3v) is 5.64. The summed E-state index contributed by atoms with van der Waals surface area (Å²) in [5, 5.41) is 4.31. The van der Waals surface area contributed by atoms with E-state index in [0.29, 0.717) is 5.41 Å². The van der Waals surface area contributed by atoms with Gasteiger partial charge < -0.3 is 10.1 Å². The van der Waals surface area contributed by atoms with Crippen molar-refractivity contribution in [3.05, 3.63) is 29.8 Å². The van der Waals surface area contributed by atoms with Crippen molar-refractivity contribution in [3.63, 3.8) is 0 Å². The summed E-state index contributed by atoms with van der Waals surface area (Å²) in [4.78, 5) is 1.49. The third-order valence-electron chi connectivity index (χ3n) is 4.32. The molecular formula is C18H29NOS. The molecular weight excluding hydrogens is 278 g/mol. The highest BCUT2D eigenvalue weighted by atomic mass is 32.2. The lowest BCUT2D eigenvalue weighted by molar-refractivity contribution is 0.187. The molecule has 3 heteroatoms. The summed E-state index contributed by atoms with van der Waals surface area (Å²) >= 11 is 2.08. The van der Waals surface area contributed by atoms with E-state index in [4.69, 9.17) is 4.74 Å². The Balaban J connectivity index is 1.88. The van der Waals surface area contributed by atoms with Gasteiger partial charge in [0.05, 0.1) is 6.61 Å². The first-order chi connectivity index (χ1) is 10.2. The Hall–Kier alpha value is -0.510. The summed E-state index contributed by atoms with van der Waals surface area (Å²) in [6.07, 6.45) is 5.07. The average Bonchev–Trinajstić information content (AvgIpc) is 2.85. The van der Waals surface area contributed by atoms with Crippen molar-refractivity contribution in [2.45, 2.75) is 49.7 Å². The van der Waals surface area contributed by atoms with Gasteiger partial charge in [0.2, 0.25) is 0 Å². The summed E-state index contributed by atoms with van der Waals surface area (Å²) in [6, 6.07) is 8.88. The van der Waals surface area contributed by atoms with Crippen LogP contribution in [0, 0.1) is 5.41 Å². The largest absolute Gasteiger partial charge is 0.383 e. The van der Waals surface area contributed by atoms with E-state index in [0.717, 1.165) is 24.9 Å². The summed E-state index contributed by atoms with van der Waals surface area (Å²) in [5.41, 5.74) is 1.93. The molecule has 0 amide bonds. The molecule has 0 aromatic heterocycles. The fourth-order valence-electron chi connectivity index (χ4n) is 3.35. The normalized spacial score (nSPS) is 20.2. The summed E-state index contributed by atoms with van der Waals surface area (Å²) in [7, 11) is 1.76. The predicted molar refractivity (Wildman–Crippen MR) is 92.2 cm³/mol. The maximum Gasteiger partial charge on any atom is 0.0587 e. The fraction of sp³-hybridized carbons (Fsp3) is 0.667. The molecule has 1 aliphatic heterocycles. The van der Waals surface area contributed by atoms with Crippen LogP contribution in [0.5, 0.6) is 0 Å². The van der Waals surface area contributed by atoms with Crippen LogP contribution in [-0.4, -0.2) is 32.1 Å². The van der Waals surface area contributed by atoms with Gasteiger partial charge >= 0.3 is 0 Å². The number of nitrogens with one attached hydrogen (secondary N) is 1. The first-order valence-electron chi connectivity index (χ1n) is 8.11. The lowest BCUT2D eigenvalue weighted by Crippen LogP contribution is -2.35. The molecule has 0 aliphatic carbocycles. The zero-order chi connectivity index (χ0) is 15.1. The molecule has 1 aromatic carbocycles. The van der Waals surface area contributed by atoms with Crippen molar-refractivity contribution in [3.8, 4) is 0 Å². The molecule has 0 fully saturated rings. The number of methoxy groups -OCH3 is 1. The molecule has 1 heterocycles. The maximum atomic E-state index is 5.13. The van der Waals surface area contributed by atoms with Gasteiger partial charge in [-0.25, -0.2) is 0 Å². The Morgan fingerprint density at radius 3 is 2.90 bits per heavy atom. The van der Waals surface area contributed by atoms with Gasteiger partial charge in [-0.05, 0) is 36.3 Å². The molecule has 1 N–H and O–H groups in total. The maximum absolute atomic E-state index is 5.13. The van der Waals surface area contributed by atoms with Gasteiger partial charge in [0, 0.05) is 30.3 Å². The first kappa shape index (κ1) is 16.9. The van der Waals surface area contributed by atoms with Crippen LogP contribution < -0.4 is 5.32 Å². The number of rotatable bonds is 9. The second-order valence-electron chi connectivity index (χ2n) is 6.49. The van der Waals surface area contributed by atoms with Crippen molar-refractivity contribution in [1.82, 2.24) is 5.32 Å². The van der Waals surface area contributed by atoms with Gasteiger partial charge in [-0.15, -0.1) is 11.8 Å². The molecule has 2 rings (SSSR count). The molecule has 1 aromatic rings. The summed E-state index contributed by atoms with van der Waals surface area (Å²) in [5.74, 6) is 0. The first-order valence-corrected chi connectivity index (χ1v) is 8.99. The Morgan fingerprint density at radius 2 is 2.19 bits per heavy atom. The van der Waals surface area contributed by atoms with Crippen LogP contribution in [0.3, 0.4) is 0 Å². The van der Waals surface area contributed by atoms with Crippen LogP contribution in [0.1, 0.15) is 38.7 Å². The number of benzene rings is 1. The minimum Gasteiger partial charge on any atom is -0.383 e. The Bertz CT molecular complexity index is 412. The van der Waals surface area contributed by atoms with Gasteiger partial charge in [-0.1, -0.05) is 38.5 Å². The minimum atomic E-state index is 0.391. The average molecular weight is 308 g/mol. The van der Waals surface area contributed by atoms with Gasteiger partial charge in [0.15, 0.2) is 0 Å². The quantitative estimate of drug-likeness (QED) is 0.693. The SMILES string of the molecule is CCCC(C)(CNCCOC)CC1Cc2ccccc2S1. The summed E-state index contributed by atoms with van der Waals surface area (Å²) in [6.45, 7) is 7.58. The third kappa shape index (κ3) is 5.01. The molecule has 2 atom stereocenters. The van der Waals surface area contributed by atoms with Crippen molar-refractivity contribution in [2.75, 3.05) is 26.8 Å². The van der Waals surface area contributed by atoms with Gasteiger partial charge in [-0.3, -0.25) is 0 Å². The lowest BCUT2D eigenvalue weighted by atomic mass is 9.80. The van der Waals surface area contributed by atoms with Crippen LogP contribution in [0.15, 0.2) is 29.2 Å². The highest BCUT2D eigenvalue weighted by Gasteiger charge is 2.31. The van der Waals surface area contributed by atoms with Gasteiger partial charge in [-0.2, -0.15) is 0 Å². The van der Waals surface area contributed by atoms with E-state index in [9.17, 15) is 0 Å². The highest BCUT2D eigenvalue weighted by Crippen LogP contribution is 2.43. The number of fused-ring (bicyclic) bond motifs is 1. The van der Waals surface area contributed by atoms with E-state index < -0.39 is 0 Å². The fourth-order valence-corrected chi connectivity index (χ4v) is 4.92. The van der Waals surface area contributed by atoms with Crippen molar-refractivity contribution in [1.29, 1.82) is 0 Å². The van der Waals surface area contributed by atoms with Crippen LogP contribution in [-0.2, 0) is 11.2 Å². The zero-order valence-corrected chi connectivity index (χ0v) is 14.5. The van der Waals surface area contributed by atoms with Crippen LogP contribution in [0.25, 0.3) is 0 Å². The summed E-state index contributed by atoms with van der Waals surface area (Å²) < 4.78 is 5.13. The van der Waals surface area contributed by atoms with Crippen LogP contribution >= 0.6 is 11.8 Å². The standard InChI is InChI=1S/C18H29NOS/c1-4-9-18(2,14-19-10-11-20-3)13-16-12-15-7-5-6-8-17(15)21-16/h5-8,16,19H,4,9-14H2,1-3H3. The molecule has 2 unspecified atom stereocenters. The molecule has 0 spiro atoms. The van der Waals surface area contributed by atoms with E-state index in [1.165, 1.54) is 30.6 Å². The lowest BCUT2D eigenvalue weighted by Gasteiger charge is -2.32. The van der Waals surface area contributed by atoms with E-state index in [2.05, 4.69) is 55.2 Å². The minimum absolute atomic E-state index is 0.391. The second-order valence-corrected chi connectivity index (χ2v) is 7.83. The number of thioether (sulfide) groups is 1. The number of ether oxygens (including phenoxy) is 1. The molecule has 0 saturated carbocycles. The van der Waals surface area contributed by atoms with Crippen molar-refractivity contribution in [2.24, 2.45) is 5.41 Å². The topological polar surface area (TPSA) is 21.3 Å². The van der Waals surface area contributed by atoms with E-state index in [1.807, 2.05) is 0 Å². The molecule has 0 radical (unpaired) electrons. The smallest absolute Gasteiger partial charge is 0.0587 e. The molecule has 0 saturated heterocycles. The number of hydrogen-bond acceptors (Lipinski definition) is 3. The molecule has 21 heavy (non-hydrogen) atoms. The Labute approximate surface area is 134 Å². The van der Waals surface area contributed by atoms with Crippen LogP contribution in [0.2, 0.25) is 0 Å². The molecule has 1 aliphatic rings. The van der Waals surface area contributed by atoms with E-state index >= 15 is 0 Å². The van der Waals surface area contributed by atoms with E-state index in [1.54, 1.807) is 12.7 Å². The van der Waals surface area contributed by atoms with Crippen molar-refractivity contribution >= 4 is 11.8 Å². The number of hydrogen-bond donors (Lipinski definition) is 1. The van der Waals surface area contributed by atoms with Gasteiger partial charge in [0.1, 0.15) is 0 Å². The van der Waals surface area contributed by atoms with E-state index in [-0.39, 0.29) is 0 Å². The van der Waals surface area contributed by atoms with Crippen molar-refractivity contribution < 1.29 is 4.74 Å². The van der Waals surface area contributed by atoms with Gasteiger partial charge in [0.25, 0.3) is 0 Å². The molecule has 0 bridgehead atoms. The second kappa shape index (κ2) is 8.21. The zero-order valence-electron chi connectivity index (χ0n) is 13.7. The highest BCUT2D eigenvalue weighted by molar-refractivity contribution is 8.00.